The van der Waals surface area contributed by atoms with Crippen LogP contribution in [0, 0.1) is 29.1 Å². The number of nitrogens with zero attached hydrogens (tertiary/aromatic N) is 2. The van der Waals surface area contributed by atoms with E-state index in [0.717, 1.165) is 84.1 Å². The van der Waals surface area contributed by atoms with Gasteiger partial charge >= 0.3 is 11.9 Å². The molecular formula is C50H94N2O5. The number of rotatable bonds is 26. The lowest BCUT2D eigenvalue weighted by atomic mass is 9.71. The van der Waals surface area contributed by atoms with Crippen LogP contribution in [0.3, 0.4) is 0 Å². The summed E-state index contributed by atoms with van der Waals surface area (Å²) in [5.41, 5.74) is 0.399. The van der Waals surface area contributed by atoms with Crippen LogP contribution in [0.5, 0.6) is 0 Å². The van der Waals surface area contributed by atoms with Crippen LogP contribution in [-0.2, 0) is 19.1 Å². The quantitative estimate of drug-likeness (QED) is 0.0689. The summed E-state index contributed by atoms with van der Waals surface area (Å²) in [6.45, 7) is 15.2. The third-order valence-corrected chi connectivity index (χ3v) is 14.6. The first-order valence-corrected chi connectivity index (χ1v) is 25.3. The van der Waals surface area contributed by atoms with E-state index in [4.69, 9.17) is 9.47 Å². The molecule has 7 heteroatoms. The molecule has 2 aliphatic carbocycles. The highest BCUT2D eigenvalue weighted by atomic mass is 16.5. The molecule has 2 saturated carbocycles. The van der Waals surface area contributed by atoms with Gasteiger partial charge < -0.3 is 19.5 Å². The first-order chi connectivity index (χ1) is 27.9. The van der Waals surface area contributed by atoms with Crippen molar-refractivity contribution in [2.75, 3.05) is 52.5 Å². The molecule has 0 amide bonds. The highest BCUT2D eigenvalue weighted by Gasteiger charge is 2.40. The van der Waals surface area contributed by atoms with Gasteiger partial charge in [0.2, 0.25) is 0 Å². The van der Waals surface area contributed by atoms with E-state index in [-0.39, 0.29) is 29.8 Å². The van der Waals surface area contributed by atoms with Gasteiger partial charge in [-0.05, 0) is 114 Å². The maximum Gasteiger partial charge on any atom is 0.308 e. The fourth-order valence-corrected chi connectivity index (χ4v) is 10.6. The van der Waals surface area contributed by atoms with Gasteiger partial charge in [0.05, 0.1) is 17.9 Å². The molecule has 4 aliphatic rings. The van der Waals surface area contributed by atoms with E-state index in [1.165, 1.54) is 141 Å². The number of ether oxygens (including phenoxy) is 2. The van der Waals surface area contributed by atoms with Crippen molar-refractivity contribution in [1.29, 1.82) is 0 Å². The number of esters is 2. The van der Waals surface area contributed by atoms with Gasteiger partial charge in [-0.15, -0.1) is 0 Å². The molecule has 4 fully saturated rings. The summed E-state index contributed by atoms with van der Waals surface area (Å²) in [5, 5.41) is 9.20. The van der Waals surface area contributed by atoms with Crippen LogP contribution in [0.2, 0.25) is 0 Å². The van der Waals surface area contributed by atoms with Crippen LogP contribution in [0.4, 0.5) is 0 Å². The minimum absolute atomic E-state index is 0.00124. The average molecular weight is 803 g/mol. The Labute approximate surface area is 352 Å². The lowest BCUT2D eigenvalue weighted by Crippen LogP contribution is -2.52. The zero-order valence-corrected chi connectivity index (χ0v) is 38.2. The Morgan fingerprint density at radius 2 is 1.07 bits per heavy atom. The highest BCUT2D eigenvalue weighted by Crippen LogP contribution is 2.42. The molecule has 3 unspecified atom stereocenters. The average Bonchev–Trinajstić information content (AvgIpc) is 3.24. The molecule has 3 atom stereocenters. The van der Waals surface area contributed by atoms with Gasteiger partial charge in [-0.3, -0.25) is 14.5 Å². The second kappa shape index (κ2) is 30.8. The van der Waals surface area contributed by atoms with E-state index in [9.17, 15) is 14.7 Å². The van der Waals surface area contributed by atoms with Crippen molar-refractivity contribution in [3.8, 4) is 0 Å². The van der Waals surface area contributed by atoms with Crippen molar-refractivity contribution in [1.82, 2.24) is 9.80 Å². The Bertz CT molecular complexity index is 991. The zero-order chi connectivity index (χ0) is 41.0. The molecule has 1 spiro atoms. The van der Waals surface area contributed by atoms with Crippen molar-refractivity contribution in [2.24, 2.45) is 29.1 Å². The van der Waals surface area contributed by atoms with E-state index in [2.05, 4.69) is 37.5 Å². The minimum Gasteiger partial charge on any atom is -0.464 e. The molecule has 4 rings (SSSR count). The van der Waals surface area contributed by atoms with Crippen molar-refractivity contribution >= 4 is 11.9 Å². The summed E-state index contributed by atoms with van der Waals surface area (Å²) in [6.07, 6.45) is 36.0. The second-order valence-electron chi connectivity index (χ2n) is 19.3. The Morgan fingerprint density at radius 3 is 1.56 bits per heavy atom. The number of carbonyl (C=O) groups excluding carboxylic acids is 2. The number of unbranched alkanes of at least 4 members (excludes halogenated alkanes) is 8. The summed E-state index contributed by atoms with van der Waals surface area (Å²) in [7, 11) is 0. The monoisotopic (exact) mass is 803 g/mol. The van der Waals surface area contributed by atoms with Gasteiger partial charge in [0, 0.05) is 6.61 Å². The van der Waals surface area contributed by atoms with E-state index in [0.29, 0.717) is 37.1 Å². The van der Waals surface area contributed by atoms with E-state index in [1.54, 1.807) is 0 Å². The number of aliphatic hydroxyl groups excluding tert-OH is 1. The predicted molar refractivity (Wildman–Crippen MR) is 238 cm³/mol. The number of hydrogen-bond donors (Lipinski definition) is 1. The van der Waals surface area contributed by atoms with Gasteiger partial charge in [-0.1, -0.05) is 156 Å². The van der Waals surface area contributed by atoms with E-state index < -0.39 is 0 Å². The summed E-state index contributed by atoms with van der Waals surface area (Å²) < 4.78 is 12.6. The molecule has 0 aromatic carbocycles. The Balaban J connectivity index is 0.00000163. The zero-order valence-electron chi connectivity index (χ0n) is 38.2. The normalized spacial score (nSPS) is 21.4. The van der Waals surface area contributed by atoms with E-state index >= 15 is 0 Å². The number of likely N-dealkylation sites (tertiary alicyclic amines) is 2. The number of carbonyl (C=O) groups is 2. The van der Waals surface area contributed by atoms with Crippen LogP contribution in [0.1, 0.15) is 220 Å². The lowest BCUT2D eigenvalue weighted by molar-refractivity contribution is -0.157. The van der Waals surface area contributed by atoms with Gasteiger partial charge in [-0.25, -0.2) is 0 Å². The second-order valence-corrected chi connectivity index (χ2v) is 19.3. The molecule has 2 aliphatic heterocycles. The molecule has 2 saturated heterocycles. The molecule has 2 heterocycles. The van der Waals surface area contributed by atoms with Crippen molar-refractivity contribution in [2.45, 2.75) is 226 Å². The third kappa shape index (κ3) is 20.3. The first kappa shape index (κ1) is 50.2. The maximum atomic E-state index is 13.9. The van der Waals surface area contributed by atoms with Gasteiger partial charge in [0.1, 0.15) is 13.2 Å². The number of aliphatic hydroxyl groups is 1. The summed E-state index contributed by atoms with van der Waals surface area (Å²) in [5.74, 6) is 1.27. The fraction of sp³-hybridized carbons (Fsp3) is 0.960. The van der Waals surface area contributed by atoms with Crippen molar-refractivity contribution in [3.63, 3.8) is 0 Å². The standard InChI is InChI=1S/C45H82N2O5.C5H12/c1-3-5-6-7-8-15-23-41(35-39-21-13-10-14-22-39)44(50)52-37-42(36-51-43(49)40(18-4-2)34-38-19-11-9-12-20-38)47-31-26-45(27-32-47)24-29-46(30-25-45)28-16-17-33-48;1-3-5-4-2/h38-42,48H,3-37H2,1-2H3;3-5H2,1-2H3. The van der Waals surface area contributed by atoms with Crippen molar-refractivity contribution in [3.05, 3.63) is 0 Å². The number of piperidine rings is 2. The lowest BCUT2D eigenvalue weighted by Gasteiger charge is -2.48. The van der Waals surface area contributed by atoms with Gasteiger partial charge in [0.25, 0.3) is 0 Å². The van der Waals surface area contributed by atoms with Crippen LogP contribution in [0.25, 0.3) is 0 Å². The highest BCUT2D eigenvalue weighted by molar-refractivity contribution is 5.73. The number of hydrogen-bond acceptors (Lipinski definition) is 7. The third-order valence-electron chi connectivity index (χ3n) is 14.6. The first-order valence-electron chi connectivity index (χ1n) is 25.3. The van der Waals surface area contributed by atoms with E-state index in [1.807, 2.05) is 0 Å². The molecule has 1 N–H and O–H groups in total. The van der Waals surface area contributed by atoms with Crippen LogP contribution < -0.4 is 0 Å². The van der Waals surface area contributed by atoms with Crippen LogP contribution >= 0.6 is 0 Å². The Kier molecular flexibility index (Phi) is 27.1. The predicted octanol–water partition coefficient (Wildman–Crippen LogP) is 12.3. The molecule has 0 aromatic rings. The Hall–Kier alpha value is -1.18. The molecule has 334 valence electrons. The molecule has 7 nitrogen and oxygen atoms in total. The molecule has 0 aromatic heterocycles. The minimum atomic E-state index is -0.0786. The van der Waals surface area contributed by atoms with Gasteiger partial charge in [-0.2, -0.15) is 0 Å². The summed E-state index contributed by atoms with van der Waals surface area (Å²) in [6, 6.07) is -0.0786. The largest absolute Gasteiger partial charge is 0.464 e. The van der Waals surface area contributed by atoms with Gasteiger partial charge in [0.15, 0.2) is 0 Å². The molecule has 57 heavy (non-hydrogen) atoms. The van der Waals surface area contributed by atoms with Crippen LogP contribution in [0.15, 0.2) is 0 Å². The smallest absolute Gasteiger partial charge is 0.308 e. The Morgan fingerprint density at radius 1 is 0.579 bits per heavy atom. The topological polar surface area (TPSA) is 79.3 Å². The summed E-state index contributed by atoms with van der Waals surface area (Å²) >= 11 is 0. The molecule has 0 radical (unpaired) electrons. The molecule has 0 bridgehead atoms. The maximum absolute atomic E-state index is 13.9. The summed E-state index contributed by atoms with van der Waals surface area (Å²) in [4.78, 5) is 32.7. The fourth-order valence-electron chi connectivity index (χ4n) is 10.6. The molecular weight excluding hydrogens is 709 g/mol. The SMILES string of the molecule is CCCCC.CCCCCCCCC(CC1CCCCC1)C(=O)OCC(COC(=O)C(CCC)CC1CCCCC1)N1CCC2(CCN(CCCCO)CC2)CC1. The van der Waals surface area contributed by atoms with Crippen LogP contribution in [-0.4, -0.2) is 85.4 Å². The van der Waals surface area contributed by atoms with Crippen molar-refractivity contribution < 1.29 is 24.2 Å².